The molecule has 3 heterocycles. The van der Waals surface area contributed by atoms with Gasteiger partial charge in [0, 0.05) is 57.4 Å². The highest BCUT2D eigenvalue weighted by atomic mass is 16.2. The van der Waals surface area contributed by atoms with Gasteiger partial charge in [0.25, 0.3) is 5.91 Å². The predicted molar refractivity (Wildman–Crippen MR) is 109 cm³/mol. The molecule has 28 heavy (non-hydrogen) atoms. The summed E-state index contributed by atoms with van der Waals surface area (Å²) >= 11 is 0. The van der Waals surface area contributed by atoms with E-state index in [2.05, 4.69) is 29.2 Å². The van der Waals surface area contributed by atoms with Crippen molar-refractivity contribution in [1.82, 2.24) is 24.9 Å². The zero-order valence-electron chi connectivity index (χ0n) is 17.6. The van der Waals surface area contributed by atoms with Crippen molar-refractivity contribution >= 4 is 11.8 Å². The third-order valence-corrected chi connectivity index (χ3v) is 6.09. The number of piperidine rings is 2. The van der Waals surface area contributed by atoms with Crippen molar-refractivity contribution in [1.29, 1.82) is 0 Å². The molecule has 0 bridgehead atoms. The minimum absolute atomic E-state index is 0.0154. The first kappa shape index (κ1) is 20.8. The van der Waals surface area contributed by atoms with Gasteiger partial charge in [-0.15, -0.1) is 0 Å². The van der Waals surface area contributed by atoms with Gasteiger partial charge in [-0.05, 0) is 58.4 Å². The smallest absolute Gasteiger partial charge is 0.274 e. The second-order valence-electron chi connectivity index (χ2n) is 8.49. The number of aryl methyl sites for hydroxylation is 1. The first-order chi connectivity index (χ1) is 13.5. The van der Waals surface area contributed by atoms with Crippen LogP contribution in [0, 0.1) is 5.92 Å². The number of likely N-dealkylation sites (tertiary alicyclic amines) is 2. The second kappa shape index (κ2) is 9.54. The SMILES string of the molecule is CCn1ccc(C(=O)N2CCC[C@@H](CC(=O)NC3CCN(C(C)C)CC3)C2)n1. The van der Waals surface area contributed by atoms with E-state index in [1.807, 2.05) is 18.0 Å². The highest BCUT2D eigenvalue weighted by Gasteiger charge is 2.28. The molecule has 3 rings (SSSR count). The molecule has 1 aromatic rings. The standard InChI is InChI=1S/C21H35N5O2/c1-4-26-13-9-19(23-26)21(28)25-10-5-6-17(15-25)14-20(27)22-18-7-11-24(12-8-18)16(2)3/h9,13,16-18H,4-8,10-12,14-15H2,1-3H3,(H,22,27)/t17-/m0/s1. The Balaban J connectivity index is 1.45. The van der Waals surface area contributed by atoms with Crippen LogP contribution in [0.2, 0.25) is 0 Å². The average Bonchev–Trinajstić information content (AvgIpc) is 3.17. The molecule has 2 aliphatic rings. The van der Waals surface area contributed by atoms with Crippen molar-refractivity contribution in [3.8, 4) is 0 Å². The lowest BCUT2D eigenvalue weighted by atomic mass is 9.93. The van der Waals surface area contributed by atoms with Crippen molar-refractivity contribution in [2.75, 3.05) is 26.2 Å². The Labute approximate surface area is 168 Å². The molecule has 1 aromatic heterocycles. The van der Waals surface area contributed by atoms with Crippen LogP contribution in [0.1, 0.15) is 63.4 Å². The van der Waals surface area contributed by atoms with Crippen LogP contribution in [0.4, 0.5) is 0 Å². The summed E-state index contributed by atoms with van der Waals surface area (Å²) in [6.07, 6.45) is 6.36. The highest BCUT2D eigenvalue weighted by Crippen LogP contribution is 2.21. The average molecular weight is 390 g/mol. The molecule has 0 spiro atoms. The minimum atomic E-state index is -0.0154. The maximum Gasteiger partial charge on any atom is 0.274 e. The largest absolute Gasteiger partial charge is 0.353 e. The van der Waals surface area contributed by atoms with Gasteiger partial charge < -0.3 is 15.1 Å². The van der Waals surface area contributed by atoms with E-state index in [9.17, 15) is 9.59 Å². The van der Waals surface area contributed by atoms with Gasteiger partial charge >= 0.3 is 0 Å². The third kappa shape index (κ3) is 5.34. The number of hydrogen-bond acceptors (Lipinski definition) is 4. The summed E-state index contributed by atoms with van der Waals surface area (Å²) in [5, 5.41) is 7.56. The van der Waals surface area contributed by atoms with Crippen LogP contribution in [0.15, 0.2) is 12.3 Å². The summed E-state index contributed by atoms with van der Waals surface area (Å²) in [6, 6.07) is 2.65. The molecule has 2 aliphatic heterocycles. The van der Waals surface area contributed by atoms with Crippen molar-refractivity contribution in [2.24, 2.45) is 5.92 Å². The van der Waals surface area contributed by atoms with Crippen LogP contribution in [-0.2, 0) is 11.3 Å². The lowest BCUT2D eigenvalue weighted by molar-refractivity contribution is -0.123. The molecular formula is C21H35N5O2. The van der Waals surface area contributed by atoms with Crippen LogP contribution >= 0.6 is 0 Å². The van der Waals surface area contributed by atoms with Crippen molar-refractivity contribution in [2.45, 2.75) is 71.5 Å². The van der Waals surface area contributed by atoms with Crippen LogP contribution in [0.25, 0.3) is 0 Å². The van der Waals surface area contributed by atoms with Gasteiger partial charge in [0.2, 0.25) is 5.91 Å². The molecule has 7 heteroatoms. The van der Waals surface area contributed by atoms with Crippen molar-refractivity contribution in [3.63, 3.8) is 0 Å². The van der Waals surface area contributed by atoms with E-state index < -0.39 is 0 Å². The van der Waals surface area contributed by atoms with Crippen LogP contribution in [0.3, 0.4) is 0 Å². The molecule has 0 saturated carbocycles. The monoisotopic (exact) mass is 389 g/mol. The Morgan fingerprint density at radius 3 is 2.61 bits per heavy atom. The predicted octanol–water partition coefficient (Wildman–Crippen LogP) is 2.13. The van der Waals surface area contributed by atoms with Crippen molar-refractivity contribution in [3.05, 3.63) is 18.0 Å². The normalized spacial score (nSPS) is 21.9. The fourth-order valence-electron chi connectivity index (χ4n) is 4.34. The molecule has 1 atom stereocenters. The van der Waals surface area contributed by atoms with Gasteiger partial charge in [-0.2, -0.15) is 5.10 Å². The number of rotatable bonds is 6. The Hall–Kier alpha value is -1.89. The maximum absolute atomic E-state index is 12.7. The summed E-state index contributed by atoms with van der Waals surface area (Å²) in [7, 11) is 0. The fraction of sp³-hybridized carbons (Fsp3) is 0.762. The highest BCUT2D eigenvalue weighted by molar-refractivity contribution is 5.92. The number of amides is 2. The molecule has 0 radical (unpaired) electrons. The zero-order chi connectivity index (χ0) is 20.1. The van der Waals surface area contributed by atoms with Gasteiger partial charge in [0.1, 0.15) is 5.69 Å². The molecule has 156 valence electrons. The summed E-state index contributed by atoms with van der Waals surface area (Å²) in [5.41, 5.74) is 0.504. The lowest BCUT2D eigenvalue weighted by Gasteiger charge is -2.35. The summed E-state index contributed by atoms with van der Waals surface area (Å²) in [4.78, 5) is 29.6. The van der Waals surface area contributed by atoms with E-state index in [0.717, 1.165) is 51.9 Å². The summed E-state index contributed by atoms with van der Waals surface area (Å²) in [5.74, 6) is 0.359. The number of nitrogens with zero attached hydrogens (tertiary/aromatic N) is 4. The fourth-order valence-corrected chi connectivity index (χ4v) is 4.34. The van der Waals surface area contributed by atoms with Gasteiger partial charge in [-0.3, -0.25) is 14.3 Å². The zero-order valence-corrected chi connectivity index (χ0v) is 17.6. The number of aromatic nitrogens is 2. The molecule has 7 nitrogen and oxygen atoms in total. The van der Waals surface area contributed by atoms with E-state index in [-0.39, 0.29) is 17.7 Å². The van der Waals surface area contributed by atoms with E-state index in [1.165, 1.54) is 0 Å². The quantitative estimate of drug-likeness (QED) is 0.809. The first-order valence-electron chi connectivity index (χ1n) is 10.8. The molecule has 2 amide bonds. The molecule has 0 aliphatic carbocycles. The molecular weight excluding hydrogens is 354 g/mol. The maximum atomic E-state index is 12.7. The molecule has 0 aromatic carbocycles. The minimum Gasteiger partial charge on any atom is -0.353 e. The van der Waals surface area contributed by atoms with E-state index >= 15 is 0 Å². The number of nitrogens with one attached hydrogen (secondary N) is 1. The topological polar surface area (TPSA) is 70.5 Å². The Bertz CT molecular complexity index is 664. The first-order valence-corrected chi connectivity index (χ1v) is 10.8. The number of carbonyl (C=O) groups excluding carboxylic acids is 2. The Morgan fingerprint density at radius 1 is 1.21 bits per heavy atom. The Morgan fingerprint density at radius 2 is 1.96 bits per heavy atom. The second-order valence-corrected chi connectivity index (χ2v) is 8.49. The summed E-state index contributed by atoms with van der Waals surface area (Å²) in [6.45, 7) is 10.7. The molecule has 0 unspecified atom stereocenters. The number of hydrogen-bond donors (Lipinski definition) is 1. The van der Waals surface area contributed by atoms with Crippen LogP contribution in [-0.4, -0.2) is 69.7 Å². The summed E-state index contributed by atoms with van der Waals surface area (Å²) < 4.78 is 1.77. The van der Waals surface area contributed by atoms with Crippen LogP contribution in [0.5, 0.6) is 0 Å². The Kier molecular flexibility index (Phi) is 7.10. The van der Waals surface area contributed by atoms with Gasteiger partial charge in [0.05, 0.1) is 0 Å². The van der Waals surface area contributed by atoms with Gasteiger partial charge in [-0.25, -0.2) is 0 Å². The van der Waals surface area contributed by atoms with Gasteiger partial charge in [0.15, 0.2) is 0 Å². The molecule has 2 fully saturated rings. The van der Waals surface area contributed by atoms with E-state index in [4.69, 9.17) is 0 Å². The van der Waals surface area contributed by atoms with E-state index in [1.54, 1.807) is 10.7 Å². The van der Waals surface area contributed by atoms with Crippen LogP contribution < -0.4 is 5.32 Å². The van der Waals surface area contributed by atoms with E-state index in [0.29, 0.717) is 30.7 Å². The van der Waals surface area contributed by atoms with Gasteiger partial charge in [-0.1, -0.05) is 0 Å². The molecule has 1 N–H and O–H groups in total. The molecule has 2 saturated heterocycles. The third-order valence-electron chi connectivity index (χ3n) is 6.09. The number of carbonyl (C=O) groups is 2. The lowest BCUT2D eigenvalue weighted by Crippen LogP contribution is -2.47. The van der Waals surface area contributed by atoms with Crippen molar-refractivity contribution < 1.29 is 9.59 Å².